The molecule has 2 aromatic carbocycles. The van der Waals surface area contributed by atoms with Gasteiger partial charge in [0.05, 0.1) is 6.04 Å². The Labute approximate surface area is 120 Å². The Bertz CT molecular complexity index is 522. The van der Waals surface area contributed by atoms with Gasteiger partial charge in [0.15, 0.2) is 0 Å². The fraction of sp³-hybridized carbons (Fsp3) is 0.278. The van der Waals surface area contributed by atoms with Gasteiger partial charge in [-0.15, -0.1) is 0 Å². The van der Waals surface area contributed by atoms with E-state index >= 15 is 0 Å². The molecule has 0 heterocycles. The van der Waals surface area contributed by atoms with Crippen molar-refractivity contribution in [1.82, 2.24) is 5.32 Å². The van der Waals surface area contributed by atoms with Gasteiger partial charge in [-0.1, -0.05) is 60.7 Å². The molecular formula is C18H21NO. The molecule has 2 rings (SSSR count). The van der Waals surface area contributed by atoms with Gasteiger partial charge in [0, 0.05) is 6.92 Å². The maximum absolute atomic E-state index is 11.3. The highest BCUT2D eigenvalue weighted by molar-refractivity contribution is 5.73. The minimum absolute atomic E-state index is 0.0264. The van der Waals surface area contributed by atoms with E-state index in [-0.39, 0.29) is 11.9 Å². The second-order valence-electron chi connectivity index (χ2n) is 5.04. The minimum atomic E-state index is 0.0264. The zero-order chi connectivity index (χ0) is 14.2. The van der Waals surface area contributed by atoms with Crippen molar-refractivity contribution < 1.29 is 4.79 Å². The van der Waals surface area contributed by atoms with E-state index < -0.39 is 0 Å². The molecule has 20 heavy (non-hydrogen) atoms. The topological polar surface area (TPSA) is 29.1 Å². The number of amides is 1. The molecule has 2 heteroatoms. The molecule has 0 aliphatic heterocycles. The van der Waals surface area contributed by atoms with Gasteiger partial charge < -0.3 is 5.32 Å². The van der Waals surface area contributed by atoms with E-state index in [0.29, 0.717) is 0 Å². The predicted octanol–water partition coefficient (Wildman–Crippen LogP) is 3.89. The Morgan fingerprint density at radius 2 is 1.60 bits per heavy atom. The van der Waals surface area contributed by atoms with Crippen molar-refractivity contribution in [2.45, 2.75) is 32.2 Å². The van der Waals surface area contributed by atoms with E-state index in [0.717, 1.165) is 19.3 Å². The van der Waals surface area contributed by atoms with Crippen molar-refractivity contribution in [3.63, 3.8) is 0 Å². The van der Waals surface area contributed by atoms with E-state index in [2.05, 4.69) is 41.7 Å². The highest BCUT2D eigenvalue weighted by Gasteiger charge is 2.11. The average molecular weight is 267 g/mol. The molecule has 0 bridgehead atoms. The molecule has 2 nitrogen and oxygen atoms in total. The summed E-state index contributed by atoms with van der Waals surface area (Å²) in [6, 6.07) is 20.7. The van der Waals surface area contributed by atoms with Crippen LogP contribution in [0.3, 0.4) is 0 Å². The smallest absolute Gasteiger partial charge is 0.217 e. The normalized spacial score (nSPS) is 11.8. The van der Waals surface area contributed by atoms with Gasteiger partial charge >= 0.3 is 0 Å². The highest BCUT2D eigenvalue weighted by Crippen LogP contribution is 2.19. The molecule has 0 aliphatic rings. The van der Waals surface area contributed by atoms with Crippen LogP contribution in [0.5, 0.6) is 0 Å². The lowest BCUT2D eigenvalue weighted by molar-refractivity contribution is -0.119. The number of benzene rings is 2. The van der Waals surface area contributed by atoms with Crippen molar-refractivity contribution in [1.29, 1.82) is 0 Å². The van der Waals surface area contributed by atoms with E-state index in [1.54, 1.807) is 6.92 Å². The molecular weight excluding hydrogens is 246 g/mol. The standard InChI is InChI=1S/C18H21NO/c1-15(20)19-18(17-12-6-3-7-13-17)14-8-11-16-9-4-2-5-10-16/h2-7,9-10,12-13,18H,8,11,14H2,1H3,(H,19,20). The Morgan fingerprint density at radius 3 is 2.20 bits per heavy atom. The van der Waals surface area contributed by atoms with Crippen LogP contribution in [-0.2, 0) is 11.2 Å². The first-order valence-corrected chi connectivity index (χ1v) is 7.11. The van der Waals surface area contributed by atoms with E-state index in [4.69, 9.17) is 0 Å². The lowest BCUT2D eigenvalue weighted by Gasteiger charge is -2.18. The number of rotatable bonds is 6. The van der Waals surface area contributed by atoms with Crippen molar-refractivity contribution in [3.05, 3.63) is 71.8 Å². The molecule has 1 unspecified atom stereocenters. The van der Waals surface area contributed by atoms with Crippen LogP contribution >= 0.6 is 0 Å². The number of aryl methyl sites for hydroxylation is 1. The molecule has 0 aliphatic carbocycles. The number of carbonyl (C=O) groups is 1. The molecule has 0 radical (unpaired) electrons. The molecule has 0 saturated carbocycles. The van der Waals surface area contributed by atoms with Crippen LogP contribution in [0.4, 0.5) is 0 Å². The third kappa shape index (κ3) is 4.54. The third-order valence-corrected chi connectivity index (χ3v) is 3.38. The van der Waals surface area contributed by atoms with Crippen molar-refractivity contribution in [2.75, 3.05) is 0 Å². The Hall–Kier alpha value is -2.09. The van der Waals surface area contributed by atoms with Gasteiger partial charge in [-0.25, -0.2) is 0 Å². The minimum Gasteiger partial charge on any atom is -0.350 e. The van der Waals surface area contributed by atoms with Crippen molar-refractivity contribution in [3.8, 4) is 0 Å². The Morgan fingerprint density at radius 1 is 1.00 bits per heavy atom. The summed E-state index contributed by atoms with van der Waals surface area (Å²) in [6.45, 7) is 1.58. The van der Waals surface area contributed by atoms with Crippen LogP contribution in [0.15, 0.2) is 60.7 Å². The zero-order valence-corrected chi connectivity index (χ0v) is 11.9. The van der Waals surface area contributed by atoms with Crippen molar-refractivity contribution >= 4 is 5.91 Å². The molecule has 0 saturated heterocycles. The second-order valence-corrected chi connectivity index (χ2v) is 5.04. The predicted molar refractivity (Wildman–Crippen MR) is 82.4 cm³/mol. The summed E-state index contributed by atoms with van der Waals surface area (Å²) in [5.74, 6) is 0.0264. The van der Waals surface area contributed by atoms with Gasteiger partial charge in [-0.2, -0.15) is 0 Å². The lowest BCUT2D eigenvalue weighted by atomic mass is 9.99. The largest absolute Gasteiger partial charge is 0.350 e. The van der Waals surface area contributed by atoms with E-state index in [1.807, 2.05) is 24.3 Å². The van der Waals surface area contributed by atoms with Crippen LogP contribution in [0, 0.1) is 0 Å². The first-order valence-electron chi connectivity index (χ1n) is 7.11. The maximum Gasteiger partial charge on any atom is 0.217 e. The Kier molecular flexibility index (Phi) is 5.36. The molecule has 0 spiro atoms. The SMILES string of the molecule is CC(=O)NC(CCCc1ccccc1)c1ccccc1. The van der Waals surface area contributed by atoms with E-state index in [9.17, 15) is 4.79 Å². The summed E-state index contributed by atoms with van der Waals surface area (Å²) >= 11 is 0. The van der Waals surface area contributed by atoms with Gasteiger partial charge in [-0.05, 0) is 30.4 Å². The molecule has 1 atom stereocenters. The molecule has 1 N–H and O–H groups in total. The van der Waals surface area contributed by atoms with Gasteiger partial charge in [0.1, 0.15) is 0 Å². The molecule has 1 amide bonds. The summed E-state index contributed by atoms with van der Waals surface area (Å²) in [5.41, 5.74) is 2.53. The number of hydrogen-bond donors (Lipinski definition) is 1. The highest BCUT2D eigenvalue weighted by atomic mass is 16.1. The molecule has 2 aromatic rings. The molecule has 0 fully saturated rings. The van der Waals surface area contributed by atoms with Crippen LogP contribution in [-0.4, -0.2) is 5.91 Å². The van der Waals surface area contributed by atoms with Gasteiger partial charge in [0.25, 0.3) is 0 Å². The van der Waals surface area contributed by atoms with Crippen LogP contribution < -0.4 is 5.32 Å². The second kappa shape index (κ2) is 7.49. The van der Waals surface area contributed by atoms with Crippen LogP contribution in [0.25, 0.3) is 0 Å². The van der Waals surface area contributed by atoms with Crippen molar-refractivity contribution in [2.24, 2.45) is 0 Å². The zero-order valence-electron chi connectivity index (χ0n) is 11.9. The quantitative estimate of drug-likeness (QED) is 0.845. The summed E-state index contributed by atoms with van der Waals surface area (Å²) in [6.07, 6.45) is 3.06. The van der Waals surface area contributed by atoms with Crippen LogP contribution in [0.2, 0.25) is 0 Å². The summed E-state index contributed by atoms with van der Waals surface area (Å²) < 4.78 is 0. The first kappa shape index (κ1) is 14.3. The third-order valence-electron chi connectivity index (χ3n) is 3.38. The fourth-order valence-corrected chi connectivity index (χ4v) is 2.41. The summed E-state index contributed by atoms with van der Waals surface area (Å²) in [5, 5.41) is 3.04. The molecule has 104 valence electrons. The molecule has 0 aromatic heterocycles. The number of nitrogens with one attached hydrogen (secondary N) is 1. The maximum atomic E-state index is 11.3. The van der Waals surface area contributed by atoms with Crippen LogP contribution in [0.1, 0.15) is 36.9 Å². The van der Waals surface area contributed by atoms with Gasteiger partial charge in [0.2, 0.25) is 5.91 Å². The average Bonchev–Trinajstić information content (AvgIpc) is 2.48. The first-order chi connectivity index (χ1) is 9.75. The fourth-order valence-electron chi connectivity index (χ4n) is 2.41. The number of carbonyl (C=O) groups excluding carboxylic acids is 1. The van der Waals surface area contributed by atoms with Gasteiger partial charge in [-0.3, -0.25) is 4.79 Å². The Balaban J connectivity index is 1.93. The summed E-state index contributed by atoms with van der Waals surface area (Å²) in [7, 11) is 0. The van der Waals surface area contributed by atoms with E-state index in [1.165, 1.54) is 11.1 Å². The number of hydrogen-bond acceptors (Lipinski definition) is 1. The monoisotopic (exact) mass is 267 g/mol. The summed E-state index contributed by atoms with van der Waals surface area (Å²) in [4.78, 5) is 11.3. The lowest BCUT2D eigenvalue weighted by Crippen LogP contribution is -2.26.